The van der Waals surface area contributed by atoms with Gasteiger partial charge in [-0.3, -0.25) is 14.9 Å². The lowest BCUT2D eigenvalue weighted by Crippen LogP contribution is -2.59. The first-order valence-electron chi connectivity index (χ1n) is 13.8. The molecule has 1 aliphatic heterocycles. The smallest absolute Gasteiger partial charge is 0.336 e. The molecule has 220 valence electrons. The second kappa shape index (κ2) is 12.8. The molecule has 0 unspecified atom stereocenters. The van der Waals surface area contributed by atoms with Gasteiger partial charge in [0, 0.05) is 16.7 Å². The number of nitrogens with one attached hydrogen (secondary N) is 1. The predicted octanol–water partition coefficient (Wildman–Crippen LogP) is 4.36. The molecule has 0 aromatic heterocycles. The third-order valence-corrected chi connectivity index (χ3v) is 11.5. The molecule has 0 amide bonds. The molecule has 1 saturated heterocycles. The fraction of sp³-hybridized carbons (Fsp3) is 0.206. The van der Waals surface area contributed by atoms with Crippen molar-refractivity contribution in [3.63, 3.8) is 0 Å². The Morgan fingerprint density at radius 3 is 1.65 bits per heavy atom. The number of ether oxygens (including phenoxy) is 3. The lowest BCUT2D eigenvalue weighted by molar-refractivity contribution is -0.162. The van der Waals surface area contributed by atoms with Gasteiger partial charge in [-0.05, 0) is 11.1 Å². The van der Waals surface area contributed by atoms with Crippen molar-refractivity contribution in [2.75, 3.05) is 14.2 Å². The molecular formula is C34H32NO7P. The van der Waals surface area contributed by atoms with Crippen LogP contribution >= 0.6 is 7.14 Å². The number of rotatable bonds is 9. The number of hydrogen-bond donors (Lipinski definition) is 1. The molecule has 43 heavy (non-hydrogen) atoms. The Morgan fingerprint density at radius 1 is 0.698 bits per heavy atom. The van der Waals surface area contributed by atoms with Gasteiger partial charge < -0.3 is 18.8 Å². The highest BCUT2D eigenvalue weighted by Gasteiger charge is 2.73. The van der Waals surface area contributed by atoms with Gasteiger partial charge in [-0.15, -0.1) is 0 Å². The van der Waals surface area contributed by atoms with Crippen LogP contribution in [0.3, 0.4) is 0 Å². The highest BCUT2D eigenvalue weighted by Crippen LogP contribution is 2.65. The normalized spacial score (nSPS) is 21.5. The summed E-state index contributed by atoms with van der Waals surface area (Å²) >= 11 is 0. The summed E-state index contributed by atoms with van der Waals surface area (Å²) in [6, 6.07) is 34.0. The maximum Gasteiger partial charge on any atom is 0.336 e. The van der Waals surface area contributed by atoms with Crippen molar-refractivity contribution in [2.45, 2.75) is 17.9 Å². The summed E-state index contributed by atoms with van der Waals surface area (Å²) in [7, 11) is -1.86. The van der Waals surface area contributed by atoms with E-state index in [1.165, 1.54) is 14.2 Å². The molecule has 0 spiro atoms. The molecule has 1 fully saturated rings. The van der Waals surface area contributed by atoms with E-state index in [0.717, 1.165) is 0 Å². The first-order valence-corrected chi connectivity index (χ1v) is 15.5. The Morgan fingerprint density at radius 2 is 1.16 bits per heavy atom. The van der Waals surface area contributed by atoms with E-state index < -0.39 is 48.2 Å². The van der Waals surface area contributed by atoms with Crippen LogP contribution < -0.4 is 15.9 Å². The van der Waals surface area contributed by atoms with Crippen LogP contribution in [-0.4, -0.2) is 37.4 Å². The summed E-state index contributed by atoms with van der Waals surface area (Å²) in [6.07, 6.45) is 0. The van der Waals surface area contributed by atoms with E-state index in [1.807, 2.05) is 24.3 Å². The molecular weight excluding hydrogens is 565 g/mol. The number of carbonyl (C=O) groups is 3. The van der Waals surface area contributed by atoms with Gasteiger partial charge in [-0.25, -0.2) is 4.79 Å². The molecule has 0 saturated carbocycles. The fourth-order valence-electron chi connectivity index (χ4n) is 5.94. The number of carbonyl (C=O) groups excluding carboxylic acids is 3. The summed E-state index contributed by atoms with van der Waals surface area (Å²) in [4.78, 5) is 42.3. The molecule has 1 heterocycles. The molecule has 4 aromatic rings. The van der Waals surface area contributed by atoms with Crippen LogP contribution in [0.2, 0.25) is 0 Å². The van der Waals surface area contributed by atoms with E-state index in [2.05, 4.69) is 5.32 Å². The average Bonchev–Trinajstić information content (AvgIpc) is 3.45. The van der Waals surface area contributed by atoms with Crippen LogP contribution in [0.5, 0.6) is 0 Å². The minimum absolute atomic E-state index is 0.153. The highest BCUT2D eigenvalue weighted by atomic mass is 31.2. The minimum atomic E-state index is -4.24. The minimum Gasteiger partial charge on any atom is -0.469 e. The van der Waals surface area contributed by atoms with Gasteiger partial charge in [-0.1, -0.05) is 121 Å². The quantitative estimate of drug-likeness (QED) is 0.172. The van der Waals surface area contributed by atoms with Crippen LogP contribution in [0.25, 0.3) is 0 Å². The summed E-state index contributed by atoms with van der Waals surface area (Å²) in [5, 5.41) is 1.62. The van der Waals surface area contributed by atoms with Crippen molar-refractivity contribution < 1.29 is 33.2 Å². The fourth-order valence-corrected chi connectivity index (χ4v) is 9.54. The maximum absolute atomic E-state index is 16.1. The van der Waals surface area contributed by atoms with E-state index >= 15 is 4.57 Å². The lowest BCUT2D eigenvalue weighted by Gasteiger charge is -2.40. The average molecular weight is 598 g/mol. The number of hydrogen-bond acceptors (Lipinski definition) is 8. The van der Waals surface area contributed by atoms with E-state index in [1.54, 1.807) is 97.1 Å². The number of benzene rings is 4. The summed E-state index contributed by atoms with van der Waals surface area (Å²) in [6.45, 7) is -0.153. The second-order valence-corrected chi connectivity index (χ2v) is 13.1. The first-order chi connectivity index (χ1) is 20.9. The molecule has 0 radical (unpaired) electrons. The van der Waals surface area contributed by atoms with Crippen molar-refractivity contribution in [1.29, 1.82) is 0 Å². The molecule has 9 heteroatoms. The lowest BCUT2D eigenvalue weighted by atomic mass is 9.84. The molecule has 5 rings (SSSR count). The molecule has 4 aromatic carbocycles. The molecule has 1 aliphatic rings. The number of methoxy groups -OCH3 is 2. The highest BCUT2D eigenvalue weighted by molar-refractivity contribution is 7.81. The zero-order chi connectivity index (χ0) is 30.5. The Balaban J connectivity index is 1.83. The largest absolute Gasteiger partial charge is 0.469 e. The van der Waals surface area contributed by atoms with Gasteiger partial charge in [0.05, 0.1) is 20.1 Å². The summed E-state index contributed by atoms with van der Waals surface area (Å²) in [5.74, 6) is -5.49. The van der Waals surface area contributed by atoms with E-state index in [0.29, 0.717) is 21.7 Å². The zero-order valence-corrected chi connectivity index (χ0v) is 24.7. The van der Waals surface area contributed by atoms with Crippen LogP contribution in [0.15, 0.2) is 121 Å². The van der Waals surface area contributed by atoms with Crippen molar-refractivity contribution in [3.8, 4) is 0 Å². The zero-order valence-electron chi connectivity index (χ0n) is 23.8. The third-order valence-electron chi connectivity index (χ3n) is 7.89. The molecule has 1 N–H and O–H groups in total. The Kier molecular flexibility index (Phi) is 8.90. The standard InChI is InChI=1S/C34H32NO7P/c1-40-31(36)28-29(32(37)41-2)34(35-30(28)25-17-9-4-10-18-25,33(38)42-23-24-15-7-3-8-16-24)43(39,26-19-11-5-12-20-26)27-21-13-6-14-22-27/h3-22,28-30,35H,23H2,1-2H3/t28-,29+,30-,34-/m1/s1. The monoisotopic (exact) mass is 597 g/mol. The van der Waals surface area contributed by atoms with Gasteiger partial charge in [0.15, 0.2) is 12.4 Å². The summed E-state index contributed by atoms with van der Waals surface area (Å²) < 4.78 is 32.5. The van der Waals surface area contributed by atoms with Crippen LogP contribution in [-0.2, 0) is 39.8 Å². The molecule has 4 atom stereocenters. The van der Waals surface area contributed by atoms with E-state index in [4.69, 9.17) is 14.2 Å². The topological polar surface area (TPSA) is 108 Å². The van der Waals surface area contributed by atoms with Crippen LogP contribution in [0, 0.1) is 11.8 Å². The van der Waals surface area contributed by atoms with Gasteiger partial charge in [-0.2, -0.15) is 0 Å². The van der Waals surface area contributed by atoms with Crippen molar-refractivity contribution in [3.05, 3.63) is 132 Å². The Hall–Kier alpha value is -4.52. The van der Waals surface area contributed by atoms with E-state index in [-0.39, 0.29) is 6.61 Å². The Labute approximate surface area is 250 Å². The first kappa shape index (κ1) is 30.0. The van der Waals surface area contributed by atoms with Crippen molar-refractivity contribution in [1.82, 2.24) is 5.32 Å². The van der Waals surface area contributed by atoms with Gasteiger partial charge in [0.25, 0.3) is 0 Å². The van der Waals surface area contributed by atoms with E-state index in [9.17, 15) is 14.4 Å². The third kappa shape index (κ3) is 5.29. The molecule has 8 nitrogen and oxygen atoms in total. The second-order valence-electron chi connectivity index (χ2n) is 10.2. The van der Waals surface area contributed by atoms with Gasteiger partial charge in [0.1, 0.15) is 12.5 Å². The SMILES string of the molecule is COC(=O)[C@H]1[C@@H](c2ccccc2)N[C@@](C(=O)OCc2ccccc2)(P(=O)(c2ccccc2)c2ccccc2)[C@@H]1C(=O)OC. The maximum atomic E-state index is 16.1. The molecule has 0 bridgehead atoms. The molecule has 0 aliphatic carbocycles. The van der Waals surface area contributed by atoms with Crippen LogP contribution in [0.1, 0.15) is 17.2 Å². The number of esters is 3. The summed E-state index contributed by atoms with van der Waals surface area (Å²) in [5.41, 5.74) is 1.29. The predicted molar refractivity (Wildman–Crippen MR) is 162 cm³/mol. The van der Waals surface area contributed by atoms with Gasteiger partial charge in [0.2, 0.25) is 0 Å². The Bertz CT molecular complexity index is 1570. The van der Waals surface area contributed by atoms with Crippen molar-refractivity contribution in [2.24, 2.45) is 11.8 Å². The van der Waals surface area contributed by atoms with Gasteiger partial charge >= 0.3 is 17.9 Å². The van der Waals surface area contributed by atoms with Crippen molar-refractivity contribution >= 4 is 35.7 Å². The van der Waals surface area contributed by atoms with Crippen LogP contribution in [0.4, 0.5) is 0 Å².